The fraction of sp³-hybridized carbons (Fsp3) is 0.500. The minimum absolute atomic E-state index is 0.261. The van der Waals surface area contributed by atoms with Crippen LogP contribution in [0, 0.1) is 5.92 Å². The fourth-order valence-corrected chi connectivity index (χ4v) is 3.62. The summed E-state index contributed by atoms with van der Waals surface area (Å²) in [4.78, 5) is 11.5. The van der Waals surface area contributed by atoms with Gasteiger partial charge in [-0.15, -0.1) is 0 Å². The van der Waals surface area contributed by atoms with Gasteiger partial charge in [-0.25, -0.2) is 0 Å². The van der Waals surface area contributed by atoms with E-state index in [-0.39, 0.29) is 11.8 Å². The first-order valence-corrected chi connectivity index (χ1v) is 7.32. The van der Waals surface area contributed by atoms with E-state index < -0.39 is 5.97 Å². The molecule has 0 amide bonds. The highest BCUT2D eigenvalue weighted by Crippen LogP contribution is 2.35. The van der Waals surface area contributed by atoms with Crippen LogP contribution in [0.2, 0.25) is 0 Å². The standard InChI is InChI=1S/C14H18O3S/c1-17-12-4-2-10(3-5-12)13(14(15)16)11-6-8-18-9-7-11/h2-5,11,13H,6-9H2,1H3,(H,15,16). The SMILES string of the molecule is COc1ccc(C(C(=O)O)C2CCSCC2)cc1. The lowest BCUT2D eigenvalue weighted by atomic mass is 9.82. The van der Waals surface area contributed by atoms with Gasteiger partial charge in [0.15, 0.2) is 0 Å². The predicted molar refractivity (Wildman–Crippen MR) is 73.4 cm³/mol. The third kappa shape index (κ3) is 2.99. The number of hydrogen-bond acceptors (Lipinski definition) is 3. The Morgan fingerprint density at radius 3 is 2.44 bits per heavy atom. The number of carboxylic acid groups (broad SMARTS) is 1. The Labute approximate surface area is 112 Å². The van der Waals surface area contributed by atoms with Gasteiger partial charge >= 0.3 is 5.97 Å². The van der Waals surface area contributed by atoms with Crippen LogP contribution in [0.3, 0.4) is 0 Å². The first kappa shape index (κ1) is 13.3. The average molecular weight is 266 g/mol. The molecule has 2 rings (SSSR count). The smallest absolute Gasteiger partial charge is 0.311 e. The molecule has 0 aliphatic carbocycles. The second-order valence-corrected chi connectivity index (χ2v) is 5.76. The molecule has 1 unspecified atom stereocenters. The highest BCUT2D eigenvalue weighted by molar-refractivity contribution is 7.99. The number of thioether (sulfide) groups is 1. The predicted octanol–water partition coefficient (Wildman–Crippen LogP) is 3.01. The van der Waals surface area contributed by atoms with Crippen LogP contribution in [0.25, 0.3) is 0 Å². The lowest BCUT2D eigenvalue weighted by Crippen LogP contribution is -2.25. The third-order valence-corrected chi connectivity index (χ3v) is 4.53. The molecule has 1 aromatic rings. The summed E-state index contributed by atoms with van der Waals surface area (Å²) in [7, 11) is 1.61. The van der Waals surface area contributed by atoms with E-state index in [1.165, 1.54) is 0 Å². The summed E-state index contributed by atoms with van der Waals surface area (Å²) in [6.45, 7) is 0. The first-order valence-electron chi connectivity index (χ1n) is 6.17. The van der Waals surface area contributed by atoms with E-state index in [0.717, 1.165) is 35.7 Å². The Hall–Kier alpha value is -1.16. The Bertz CT molecular complexity index is 396. The van der Waals surface area contributed by atoms with Crippen molar-refractivity contribution in [3.05, 3.63) is 29.8 Å². The van der Waals surface area contributed by atoms with E-state index in [9.17, 15) is 9.90 Å². The van der Waals surface area contributed by atoms with Gasteiger partial charge in [0.1, 0.15) is 5.75 Å². The van der Waals surface area contributed by atoms with Crippen LogP contribution in [-0.4, -0.2) is 29.7 Å². The van der Waals surface area contributed by atoms with Gasteiger partial charge in [0.25, 0.3) is 0 Å². The molecule has 4 heteroatoms. The molecule has 0 saturated carbocycles. The minimum atomic E-state index is -0.711. The molecule has 98 valence electrons. The number of ether oxygens (including phenoxy) is 1. The summed E-state index contributed by atoms with van der Waals surface area (Å²) >= 11 is 1.92. The van der Waals surface area contributed by atoms with Gasteiger partial charge < -0.3 is 9.84 Å². The zero-order chi connectivity index (χ0) is 13.0. The molecule has 1 atom stereocenters. The maximum atomic E-state index is 11.5. The molecule has 0 aromatic heterocycles. The van der Waals surface area contributed by atoms with E-state index in [2.05, 4.69) is 0 Å². The second kappa shape index (κ2) is 6.14. The summed E-state index contributed by atoms with van der Waals surface area (Å²) in [5.41, 5.74) is 0.889. The van der Waals surface area contributed by atoms with Crippen molar-refractivity contribution in [1.82, 2.24) is 0 Å². The molecule has 0 radical (unpaired) electrons. The van der Waals surface area contributed by atoms with Gasteiger partial charge in [-0.2, -0.15) is 11.8 Å². The Kier molecular flexibility index (Phi) is 4.53. The van der Waals surface area contributed by atoms with Crippen LogP contribution in [0.1, 0.15) is 24.3 Å². The van der Waals surface area contributed by atoms with Crippen molar-refractivity contribution in [2.24, 2.45) is 5.92 Å². The van der Waals surface area contributed by atoms with Crippen LogP contribution in [0.15, 0.2) is 24.3 Å². The molecule has 1 saturated heterocycles. The summed E-state index contributed by atoms with van der Waals surface area (Å²) in [5.74, 6) is 2.09. The number of methoxy groups -OCH3 is 1. The normalized spacial score (nSPS) is 18.3. The monoisotopic (exact) mass is 266 g/mol. The average Bonchev–Trinajstić information content (AvgIpc) is 2.40. The second-order valence-electron chi connectivity index (χ2n) is 4.54. The highest BCUT2D eigenvalue weighted by atomic mass is 32.2. The van der Waals surface area contributed by atoms with Crippen LogP contribution in [0.5, 0.6) is 5.75 Å². The van der Waals surface area contributed by atoms with E-state index in [0.29, 0.717) is 0 Å². The lowest BCUT2D eigenvalue weighted by Gasteiger charge is -2.27. The molecular weight excluding hydrogens is 248 g/mol. The molecule has 1 aliphatic heterocycles. The van der Waals surface area contributed by atoms with Crippen molar-refractivity contribution >= 4 is 17.7 Å². The van der Waals surface area contributed by atoms with E-state index in [1.54, 1.807) is 7.11 Å². The Morgan fingerprint density at radius 2 is 1.94 bits per heavy atom. The number of carboxylic acids is 1. The molecule has 3 nitrogen and oxygen atoms in total. The maximum absolute atomic E-state index is 11.5. The summed E-state index contributed by atoms with van der Waals surface area (Å²) in [6, 6.07) is 7.42. The topological polar surface area (TPSA) is 46.5 Å². The quantitative estimate of drug-likeness (QED) is 0.910. The summed E-state index contributed by atoms with van der Waals surface area (Å²) in [5, 5.41) is 9.47. The van der Waals surface area contributed by atoms with Crippen LogP contribution >= 0.6 is 11.8 Å². The zero-order valence-electron chi connectivity index (χ0n) is 10.5. The molecular formula is C14H18O3S. The molecule has 0 spiro atoms. The van der Waals surface area contributed by atoms with E-state index in [1.807, 2.05) is 36.0 Å². The molecule has 1 N–H and O–H groups in total. The van der Waals surface area contributed by atoms with E-state index >= 15 is 0 Å². The van der Waals surface area contributed by atoms with Gasteiger partial charge in [0, 0.05) is 0 Å². The molecule has 1 aliphatic rings. The first-order chi connectivity index (χ1) is 8.72. The minimum Gasteiger partial charge on any atom is -0.497 e. The molecule has 0 bridgehead atoms. The van der Waals surface area contributed by atoms with Gasteiger partial charge in [-0.3, -0.25) is 4.79 Å². The molecule has 1 fully saturated rings. The molecule has 1 aromatic carbocycles. The Morgan fingerprint density at radius 1 is 1.33 bits per heavy atom. The number of hydrogen-bond donors (Lipinski definition) is 1. The number of rotatable bonds is 4. The summed E-state index contributed by atoms with van der Waals surface area (Å²) < 4.78 is 5.10. The fourth-order valence-electron chi connectivity index (χ4n) is 2.48. The maximum Gasteiger partial charge on any atom is 0.311 e. The third-order valence-electron chi connectivity index (χ3n) is 3.48. The number of carbonyl (C=O) groups is 1. The summed E-state index contributed by atoms with van der Waals surface area (Å²) in [6.07, 6.45) is 1.99. The van der Waals surface area contributed by atoms with Crippen molar-refractivity contribution in [2.45, 2.75) is 18.8 Å². The van der Waals surface area contributed by atoms with Gasteiger partial charge in [0.05, 0.1) is 13.0 Å². The molecule has 1 heterocycles. The lowest BCUT2D eigenvalue weighted by molar-refractivity contribution is -0.140. The van der Waals surface area contributed by atoms with Gasteiger partial charge in [-0.05, 0) is 48.0 Å². The van der Waals surface area contributed by atoms with Crippen molar-refractivity contribution in [2.75, 3.05) is 18.6 Å². The number of benzene rings is 1. The van der Waals surface area contributed by atoms with Crippen LogP contribution in [0.4, 0.5) is 0 Å². The van der Waals surface area contributed by atoms with E-state index in [4.69, 9.17) is 4.74 Å². The van der Waals surface area contributed by atoms with Crippen molar-refractivity contribution in [3.8, 4) is 5.75 Å². The highest BCUT2D eigenvalue weighted by Gasteiger charge is 2.30. The van der Waals surface area contributed by atoms with Crippen LogP contribution in [-0.2, 0) is 4.79 Å². The van der Waals surface area contributed by atoms with Gasteiger partial charge in [-0.1, -0.05) is 12.1 Å². The van der Waals surface area contributed by atoms with Crippen LogP contribution < -0.4 is 4.74 Å². The Balaban J connectivity index is 2.20. The van der Waals surface area contributed by atoms with Crippen molar-refractivity contribution in [3.63, 3.8) is 0 Å². The number of aliphatic carboxylic acids is 1. The zero-order valence-corrected chi connectivity index (χ0v) is 11.3. The van der Waals surface area contributed by atoms with Crippen molar-refractivity contribution in [1.29, 1.82) is 0 Å². The van der Waals surface area contributed by atoms with Crippen molar-refractivity contribution < 1.29 is 14.6 Å². The van der Waals surface area contributed by atoms with Gasteiger partial charge in [0.2, 0.25) is 0 Å². The molecule has 18 heavy (non-hydrogen) atoms. The largest absolute Gasteiger partial charge is 0.497 e.